The first-order valence-corrected chi connectivity index (χ1v) is 15.0. The first-order valence-electron chi connectivity index (χ1n) is 15.0. The summed E-state index contributed by atoms with van der Waals surface area (Å²) in [4.78, 5) is 64.9. The maximum Gasteiger partial charge on any atom is 0.313 e. The van der Waals surface area contributed by atoms with Crippen molar-refractivity contribution in [3.63, 3.8) is 0 Å². The van der Waals surface area contributed by atoms with Gasteiger partial charge in [0.1, 0.15) is 18.5 Å². The minimum atomic E-state index is -1.72. The molecule has 3 rings (SSSR count). The molecule has 1 aliphatic heterocycles. The number of carboxylic acids is 1. The smallest absolute Gasteiger partial charge is 0.313 e. The van der Waals surface area contributed by atoms with E-state index in [9.17, 15) is 42.3 Å². The quantitative estimate of drug-likeness (QED) is 0.235. The van der Waals surface area contributed by atoms with Crippen molar-refractivity contribution in [2.45, 2.75) is 64.5 Å². The molecule has 0 aromatic heterocycles. The van der Waals surface area contributed by atoms with Crippen molar-refractivity contribution in [1.82, 2.24) is 10.2 Å². The molecule has 2 atom stereocenters. The minimum absolute atomic E-state index is 0. The number of ether oxygens (including phenoxy) is 2. The van der Waals surface area contributed by atoms with E-state index in [-0.39, 0.29) is 34.4 Å². The number of rotatable bonds is 11. The molecule has 3 N–H and O–H groups in total. The van der Waals surface area contributed by atoms with Crippen LogP contribution in [0.4, 0.5) is 18.9 Å². The van der Waals surface area contributed by atoms with E-state index in [1.54, 1.807) is 19.1 Å². The summed E-state index contributed by atoms with van der Waals surface area (Å²) < 4.78 is 53.5. The van der Waals surface area contributed by atoms with Gasteiger partial charge in [0.05, 0.1) is 18.5 Å². The second kappa shape index (κ2) is 16.2. The van der Waals surface area contributed by atoms with Crippen molar-refractivity contribution >= 4 is 41.2 Å². The lowest BCUT2D eigenvalue weighted by molar-refractivity contribution is -0.145. The molecule has 0 bridgehead atoms. The third kappa shape index (κ3) is 9.88. The highest BCUT2D eigenvalue weighted by atomic mass is 19.2. The fraction of sp³-hybridized carbons (Fsp3) is 0.424. The van der Waals surface area contributed by atoms with E-state index in [0.717, 1.165) is 16.5 Å². The summed E-state index contributed by atoms with van der Waals surface area (Å²) in [6, 6.07) is 5.62. The molecule has 1 aliphatic rings. The number of nitrogens with one attached hydrogen (secondary N) is 2. The highest BCUT2D eigenvalue weighted by Crippen LogP contribution is 2.30. The van der Waals surface area contributed by atoms with Gasteiger partial charge >= 0.3 is 17.8 Å². The number of carbonyl (C=O) groups excluding carboxylic acids is 4. The Hall–Kier alpha value is -4.72. The maximum atomic E-state index is 14.5. The molecule has 11 nitrogen and oxygen atoms in total. The maximum absolute atomic E-state index is 14.5. The van der Waals surface area contributed by atoms with Crippen LogP contribution < -0.4 is 15.4 Å². The number of hydrogen-bond donors (Lipinski definition) is 3. The van der Waals surface area contributed by atoms with Crippen molar-refractivity contribution in [2.75, 3.05) is 31.6 Å². The first-order chi connectivity index (χ1) is 22.1. The fourth-order valence-electron chi connectivity index (χ4n) is 4.78. The Morgan fingerprint density at radius 3 is 2.51 bits per heavy atom. The fourth-order valence-corrected chi connectivity index (χ4v) is 4.78. The Balaban J connectivity index is 0.00000600. The van der Waals surface area contributed by atoms with Gasteiger partial charge < -0.3 is 30.1 Å². The number of ketones is 1. The molecule has 0 radical (unpaired) electrons. The zero-order valence-corrected chi connectivity index (χ0v) is 26.5. The normalized spacial score (nSPS) is 15.9. The second-order valence-electron chi connectivity index (χ2n) is 11.8. The zero-order valence-electron chi connectivity index (χ0n) is 26.5. The summed E-state index contributed by atoms with van der Waals surface area (Å²) in [5.41, 5.74) is 0.456. The second-order valence-corrected chi connectivity index (χ2v) is 11.8. The SMILES string of the molecule is CC/C=C/c1c(F)cc(F)c(F)c1OCC(=O)[C@H](CC(=O)O)NC(=O)[C@@H]1CN(C(=O)C(=O)Nc2ccccc2C(C)(C)C)CCCO1.[HH].[HH]. The Morgan fingerprint density at radius 2 is 1.85 bits per heavy atom. The Labute approximate surface area is 273 Å². The predicted octanol–water partition coefficient (Wildman–Crippen LogP) is 4.48. The molecule has 1 fully saturated rings. The van der Waals surface area contributed by atoms with Gasteiger partial charge in [-0.3, -0.25) is 24.0 Å². The molecule has 2 aromatic rings. The van der Waals surface area contributed by atoms with Crippen LogP contribution in [0.3, 0.4) is 0 Å². The lowest BCUT2D eigenvalue weighted by atomic mass is 9.86. The molecule has 14 heteroatoms. The lowest BCUT2D eigenvalue weighted by Gasteiger charge is -2.26. The summed E-state index contributed by atoms with van der Waals surface area (Å²) in [5, 5.41) is 14.2. The average molecular weight is 666 g/mol. The molecule has 2 aromatic carbocycles. The van der Waals surface area contributed by atoms with Crippen LogP contribution in [0.15, 0.2) is 36.4 Å². The number of allylic oxidation sites excluding steroid dienone is 1. The number of anilines is 1. The Bertz CT molecular complexity index is 1550. The van der Waals surface area contributed by atoms with E-state index in [4.69, 9.17) is 9.47 Å². The van der Waals surface area contributed by atoms with E-state index in [1.807, 2.05) is 32.9 Å². The number of carboxylic acid groups (broad SMARTS) is 1. The van der Waals surface area contributed by atoms with Crippen LogP contribution in [0, 0.1) is 17.5 Å². The molecular weight excluding hydrogens is 623 g/mol. The third-order valence-electron chi connectivity index (χ3n) is 7.16. The molecule has 1 saturated heterocycles. The van der Waals surface area contributed by atoms with Crippen LogP contribution in [0.2, 0.25) is 0 Å². The standard InChI is InChI=1S/C33H38F3N3O8.2H2/c1-5-6-10-19-21(34)15-22(35)28(36)29(19)47-18-25(40)24(16-27(41)42)38-30(43)26-17-39(13-9-14-46-26)32(45)31(44)37-23-12-8-7-11-20(23)33(2,3)4;;/h6-8,10-12,15,24,26H,5,9,13-14,16-18H2,1-4H3,(H,37,44)(H,38,43)(H,41,42);2*1H/b10-6+;;/t24-,26-;;/m0../s1. The molecule has 0 saturated carbocycles. The molecule has 258 valence electrons. The molecule has 0 aliphatic carbocycles. The van der Waals surface area contributed by atoms with Gasteiger partial charge in [0, 0.05) is 27.8 Å². The Morgan fingerprint density at radius 1 is 1.15 bits per heavy atom. The zero-order chi connectivity index (χ0) is 34.9. The summed E-state index contributed by atoms with van der Waals surface area (Å²) in [6.07, 6.45) is 0.993. The van der Waals surface area contributed by atoms with Crippen molar-refractivity contribution in [1.29, 1.82) is 0 Å². The van der Waals surface area contributed by atoms with Crippen LogP contribution in [0.25, 0.3) is 6.08 Å². The van der Waals surface area contributed by atoms with Gasteiger partial charge in [-0.25, -0.2) is 8.78 Å². The van der Waals surface area contributed by atoms with Crippen LogP contribution in [0.5, 0.6) is 5.75 Å². The van der Waals surface area contributed by atoms with Crippen molar-refractivity contribution in [3.05, 3.63) is 65.0 Å². The molecule has 0 spiro atoms. The topological polar surface area (TPSA) is 151 Å². The molecule has 47 heavy (non-hydrogen) atoms. The van der Waals surface area contributed by atoms with E-state index < -0.39 is 83.4 Å². The van der Waals surface area contributed by atoms with E-state index in [0.29, 0.717) is 18.2 Å². The van der Waals surface area contributed by atoms with Gasteiger partial charge in [0.15, 0.2) is 23.5 Å². The largest absolute Gasteiger partial charge is 0.482 e. The number of aliphatic carboxylic acids is 1. The van der Waals surface area contributed by atoms with E-state index in [1.165, 1.54) is 6.08 Å². The number of nitrogens with zero attached hydrogens (tertiary/aromatic N) is 1. The van der Waals surface area contributed by atoms with Gasteiger partial charge in [-0.05, 0) is 29.9 Å². The van der Waals surface area contributed by atoms with Crippen LogP contribution in [-0.4, -0.2) is 77.9 Å². The van der Waals surface area contributed by atoms with E-state index in [2.05, 4.69) is 10.6 Å². The first kappa shape index (κ1) is 36.7. The molecule has 1 heterocycles. The number of benzene rings is 2. The highest BCUT2D eigenvalue weighted by Gasteiger charge is 2.34. The number of amides is 3. The average Bonchev–Trinajstić information content (AvgIpc) is 3.27. The molecule has 0 unspecified atom stereocenters. The summed E-state index contributed by atoms with van der Waals surface area (Å²) in [5.74, 6) is -10.5. The predicted molar refractivity (Wildman–Crippen MR) is 169 cm³/mol. The summed E-state index contributed by atoms with van der Waals surface area (Å²) >= 11 is 0. The highest BCUT2D eigenvalue weighted by molar-refractivity contribution is 6.39. The van der Waals surface area contributed by atoms with Crippen molar-refractivity contribution in [2.24, 2.45) is 0 Å². The van der Waals surface area contributed by atoms with Crippen LogP contribution in [-0.2, 0) is 34.1 Å². The minimum Gasteiger partial charge on any atom is -0.482 e. The van der Waals surface area contributed by atoms with Gasteiger partial charge in [-0.1, -0.05) is 58.0 Å². The molecular formula is C33H42F3N3O8. The van der Waals surface area contributed by atoms with Crippen LogP contribution >= 0.6 is 0 Å². The summed E-state index contributed by atoms with van der Waals surface area (Å²) in [6.45, 7) is 6.22. The number of carbonyl (C=O) groups is 5. The number of hydrogen-bond acceptors (Lipinski definition) is 7. The van der Waals surface area contributed by atoms with Crippen LogP contribution in [0.1, 0.15) is 60.9 Å². The van der Waals surface area contributed by atoms with Crippen molar-refractivity contribution < 1.29 is 54.6 Å². The summed E-state index contributed by atoms with van der Waals surface area (Å²) in [7, 11) is 0. The van der Waals surface area contributed by atoms with Gasteiger partial charge in [0.25, 0.3) is 5.91 Å². The Kier molecular flexibility index (Phi) is 12.7. The monoisotopic (exact) mass is 665 g/mol. The van der Waals surface area contributed by atoms with Crippen molar-refractivity contribution in [3.8, 4) is 5.75 Å². The number of Topliss-reactive ketones (excluding diaryl/α,β-unsaturated/α-hetero) is 1. The van der Waals surface area contributed by atoms with Gasteiger partial charge in [0.2, 0.25) is 5.82 Å². The van der Waals surface area contributed by atoms with Gasteiger partial charge in [-0.15, -0.1) is 0 Å². The lowest BCUT2D eigenvalue weighted by Crippen LogP contribution is -2.52. The number of para-hydroxylation sites is 1. The molecule has 3 amide bonds. The number of halogens is 3. The van der Waals surface area contributed by atoms with E-state index >= 15 is 0 Å². The van der Waals surface area contributed by atoms with Gasteiger partial charge in [-0.2, -0.15) is 4.39 Å². The third-order valence-corrected chi connectivity index (χ3v) is 7.16.